The molecule has 0 aliphatic heterocycles. The van der Waals surface area contributed by atoms with E-state index in [2.05, 4.69) is 15.4 Å². The van der Waals surface area contributed by atoms with Crippen LogP contribution in [-0.2, 0) is 19.6 Å². The Morgan fingerprint density at radius 2 is 2.24 bits per heavy atom. The number of fused-ring (bicyclic) bond motifs is 1. The number of benzene rings is 1. The number of nitrogens with one attached hydrogen (secondary N) is 1. The van der Waals surface area contributed by atoms with Gasteiger partial charge in [-0.1, -0.05) is 0 Å². The molecule has 0 unspecified atom stereocenters. The molecule has 0 amide bonds. The molecule has 1 aromatic carbocycles. The van der Waals surface area contributed by atoms with Crippen molar-refractivity contribution in [1.29, 1.82) is 0 Å². The minimum absolute atomic E-state index is 0.0160. The summed E-state index contributed by atoms with van der Waals surface area (Å²) in [6, 6.07) is 4.90. The molecule has 2 rings (SSSR count). The maximum Gasteiger partial charge on any atom is 0.324 e. The lowest BCUT2D eigenvalue weighted by Crippen LogP contribution is -2.41. The van der Waals surface area contributed by atoms with Crippen molar-refractivity contribution in [3.63, 3.8) is 0 Å². The number of sulfonamides is 1. The van der Waals surface area contributed by atoms with Crippen molar-refractivity contribution in [2.45, 2.75) is 17.4 Å². The van der Waals surface area contributed by atoms with Gasteiger partial charge in [0, 0.05) is 11.8 Å². The summed E-state index contributed by atoms with van der Waals surface area (Å²) in [4.78, 5) is 11.5. The molecule has 0 radical (unpaired) electrons. The summed E-state index contributed by atoms with van der Waals surface area (Å²) in [6.07, 6.45) is 6.50. The Labute approximate surface area is 122 Å². The fourth-order valence-electron chi connectivity index (χ4n) is 1.80. The molecule has 110 valence electrons. The number of carbonyl (C=O) groups is 1. The van der Waals surface area contributed by atoms with Crippen LogP contribution in [0.25, 0.3) is 11.0 Å². The van der Waals surface area contributed by atoms with Crippen LogP contribution in [0.3, 0.4) is 0 Å². The Bertz CT molecular complexity index is 800. The lowest BCUT2D eigenvalue weighted by Gasteiger charge is -2.14. The first-order valence-electron chi connectivity index (χ1n) is 5.99. The van der Waals surface area contributed by atoms with E-state index in [4.69, 9.17) is 10.8 Å². The predicted octanol–water partition coefficient (Wildman–Crippen LogP) is 1.28. The lowest BCUT2D eigenvalue weighted by molar-refractivity contribution is -0.142. The van der Waals surface area contributed by atoms with Gasteiger partial charge < -0.3 is 9.15 Å². The zero-order chi connectivity index (χ0) is 15.5. The Hall–Kier alpha value is -2.30. The third-order valence-corrected chi connectivity index (χ3v) is 4.31. The summed E-state index contributed by atoms with van der Waals surface area (Å²) in [5.41, 5.74) is 0.571. The fraction of sp³-hybridized carbons (Fsp3) is 0.214. The van der Waals surface area contributed by atoms with Crippen LogP contribution in [0.15, 0.2) is 39.8 Å². The van der Waals surface area contributed by atoms with Gasteiger partial charge in [-0.25, -0.2) is 8.42 Å². The summed E-state index contributed by atoms with van der Waals surface area (Å²) in [7, 11) is -2.73. The van der Waals surface area contributed by atoms with Crippen molar-refractivity contribution >= 4 is 27.0 Å². The van der Waals surface area contributed by atoms with Gasteiger partial charge in [-0.15, -0.1) is 12.3 Å². The number of furan rings is 1. The number of ether oxygens (including phenoxy) is 1. The van der Waals surface area contributed by atoms with Gasteiger partial charge in [0.15, 0.2) is 0 Å². The molecule has 0 aliphatic rings. The highest BCUT2D eigenvalue weighted by molar-refractivity contribution is 7.89. The number of carbonyl (C=O) groups excluding carboxylic acids is 1. The summed E-state index contributed by atoms with van der Waals surface area (Å²) in [6.45, 7) is 0. The monoisotopic (exact) mass is 307 g/mol. The number of hydrogen-bond donors (Lipinski definition) is 1. The second kappa shape index (κ2) is 5.99. The molecule has 1 atom stereocenters. The van der Waals surface area contributed by atoms with Crippen LogP contribution in [0, 0.1) is 12.3 Å². The van der Waals surface area contributed by atoms with Gasteiger partial charge in [-0.05, 0) is 24.3 Å². The molecule has 1 aromatic heterocycles. The smallest absolute Gasteiger partial charge is 0.324 e. The molecule has 1 heterocycles. The summed E-state index contributed by atoms with van der Waals surface area (Å²) in [5, 5.41) is 0.643. The Balaban J connectivity index is 2.31. The van der Waals surface area contributed by atoms with Crippen LogP contribution in [0.4, 0.5) is 0 Å². The van der Waals surface area contributed by atoms with E-state index in [1.807, 2.05) is 0 Å². The molecule has 1 N–H and O–H groups in total. The summed E-state index contributed by atoms with van der Waals surface area (Å²) < 4.78 is 36.5. The molecule has 0 saturated carbocycles. The SMILES string of the molecule is C#CC[C@H](NS(=O)(=O)c1ccc2occc2c1)C(=O)OC. The van der Waals surface area contributed by atoms with Crippen molar-refractivity contribution in [3.05, 3.63) is 30.5 Å². The standard InChI is InChI=1S/C14H13NO5S/c1-3-4-12(14(16)19-2)15-21(17,18)11-5-6-13-10(9-11)7-8-20-13/h1,5-9,12,15H,4H2,2H3/t12-/m0/s1. The van der Waals surface area contributed by atoms with Gasteiger partial charge in [-0.2, -0.15) is 4.72 Å². The average Bonchev–Trinajstić information content (AvgIpc) is 2.93. The van der Waals surface area contributed by atoms with Crippen LogP contribution in [0.5, 0.6) is 0 Å². The third kappa shape index (κ3) is 3.24. The Morgan fingerprint density at radius 1 is 1.48 bits per heavy atom. The molecule has 0 bridgehead atoms. The first-order chi connectivity index (χ1) is 9.97. The van der Waals surface area contributed by atoms with Crippen LogP contribution >= 0.6 is 0 Å². The number of hydrogen-bond acceptors (Lipinski definition) is 5. The van der Waals surface area contributed by atoms with E-state index in [9.17, 15) is 13.2 Å². The predicted molar refractivity (Wildman–Crippen MR) is 75.8 cm³/mol. The zero-order valence-electron chi connectivity index (χ0n) is 11.2. The third-order valence-electron chi connectivity index (χ3n) is 2.84. The molecule has 2 aromatic rings. The molecular weight excluding hydrogens is 294 g/mol. The van der Waals surface area contributed by atoms with Gasteiger partial charge in [0.1, 0.15) is 11.6 Å². The maximum absolute atomic E-state index is 12.3. The summed E-state index contributed by atoms with van der Waals surface area (Å²) >= 11 is 0. The largest absolute Gasteiger partial charge is 0.468 e. The van der Waals surface area contributed by atoms with Crippen molar-refractivity contribution < 1.29 is 22.4 Å². The summed E-state index contributed by atoms with van der Waals surface area (Å²) in [5.74, 6) is 1.50. The highest BCUT2D eigenvalue weighted by Gasteiger charge is 2.26. The lowest BCUT2D eigenvalue weighted by atomic mass is 10.2. The number of rotatable bonds is 5. The first-order valence-corrected chi connectivity index (χ1v) is 7.47. The molecule has 6 nitrogen and oxygen atoms in total. The van der Waals surface area contributed by atoms with E-state index in [0.29, 0.717) is 11.0 Å². The molecule has 21 heavy (non-hydrogen) atoms. The van der Waals surface area contributed by atoms with Crippen LogP contribution < -0.4 is 4.72 Å². The van der Waals surface area contributed by atoms with Crippen LogP contribution in [0.1, 0.15) is 6.42 Å². The van der Waals surface area contributed by atoms with Crippen LogP contribution in [0.2, 0.25) is 0 Å². The van der Waals surface area contributed by atoms with Crippen molar-refractivity contribution in [2.24, 2.45) is 0 Å². The van der Waals surface area contributed by atoms with E-state index in [0.717, 1.165) is 7.11 Å². The highest BCUT2D eigenvalue weighted by atomic mass is 32.2. The van der Waals surface area contributed by atoms with Crippen molar-refractivity contribution in [1.82, 2.24) is 4.72 Å². The minimum atomic E-state index is -3.89. The average molecular weight is 307 g/mol. The number of methoxy groups -OCH3 is 1. The van der Waals surface area contributed by atoms with E-state index in [1.54, 1.807) is 6.07 Å². The molecule has 0 aliphatic carbocycles. The van der Waals surface area contributed by atoms with Gasteiger partial charge in [0.05, 0.1) is 18.3 Å². The highest BCUT2D eigenvalue weighted by Crippen LogP contribution is 2.20. The second-order valence-electron chi connectivity index (χ2n) is 4.23. The number of esters is 1. The Kier molecular flexibility index (Phi) is 4.31. The van der Waals surface area contributed by atoms with Crippen molar-refractivity contribution in [2.75, 3.05) is 7.11 Å². The molecule has 7 heteroatoms. The molecule has 0 fully saturated rings. The zero-order valence-corrected chi connectivity index (χ0v) is 12.0. The fourth-order valence-corrected chi connectivity index (χ4v) is 3.02. The van der Waals surface area contributed by atoms with E-state index < -0.39 is 22.0 Å². The van der Waals surface area contributed by atoms with Crippen molar-refractivity contribution in [3.8, 4) is 12.3 Å². The Morgan fingerprint density at radius 3 is 2.90 bits per heavy atom. The van der Waals surface area contributed by atoms with Gasteiger partial charge in [0.2, 0.25) is 10.0 Å². The quantitative estimate of drug-likeness (QED) is 0.664. The van der Waals surface area contributed by atoms with Gasteiger partial charge >= 0.3 is 5.97 Å². The molecule has 0 spiro atoms. The first kappa shape index (κ1) is 15.1. The van der Waals surface area contributed by atoms with Gasteiger partial charge in [0.25, 0.3) is 0 Å². The van der Waals surface area contributed by atoms with E-state index in [1.165, 1.54) is 24.5 Å². The molecular formula is C14H13NO5S. The maximum atomic E-state index is 12.3. The number of terminal acetylenes is 1. The van der Waals surface area contributed by atoms with E-state index >= 15 is 0 Å². The van der Waals surface area contributed by atoms with Gasteiger partial charge in [-0.3, -0.25) is 4.79 Å². The normalized spacial score (nSPS) is 12.8. The molecule has 0 saturated heterocycles. The minimum Gasteiger partial charge on any atom is -0.468 e. The van der Waals surface area contributed by atoms with Crippen LogP contribution in [-0.4, -0.2) is 27.5 Å². The van der Waals surface area contributed by atoms with E-state index in [-0.39, 0.29) is 11.3 Å². The second-order valence-corrected chi connectivity index (χ2v) is 5.94. The topological polar surface area (TPSA) is 85.6 Å².